The Hall–Kier alpha value is -2.71. The Morgan fingerprint density at radius 2 is 1.89 bits per heavy atom. The van der Waals surface area contributed by atoms with Gasteiger partial charge in [0.25, 0.3) is 5.56 Å². The zero-order valence-electron chi connectivity index (χ0n) is 16.6. The monoisotopic (exact) mass is 382 g/mol. The Kier molecular flexibility index (Phi) is 3.82. The van der Waals surface area contributed by atoms with Gasteiger partial charge >= 0.3 is 0 Å². The third-order valence-corrected chi connectivity index (χ3v) is 5.76. The first-order chi connectivity index (χ1) is 13.4. The van der Waals surface area contributed by atoms with Crippen LogP contribution in [0.1, 0.15) is 64.2 Å². The van der Waals surface area contributed by atoms with Crippen LogP contribution < -0.4 is 10.5 Å². The van der Waals surface area contributed by atoms with Gasteiger partial charge in [-0.2, -0.15) is 10.1 Å². The average Bonchev–Trinajstić information content (AvgIpc) is 3.21. The highest BCUT2D eigenvalue weighted by molar-refractivity contribution is 5.74. The van der Waals surface area contributed by atoms with Gasteiger partial charge in [0, 0.05) is 25.0 Å². The predicted octanol–water partition coefficient (Wildman–Crippen LogP) is 2.18. The molecule has 2 fully saturated rings. The van der Waals surface area contributed by atoms with Gasteiger partial charge in [0.1, 0.15) is 17.5 Å². The molecule has 1 saturated carbocycles. The fourth-order valence-corrected chi connectivity index (χ4v) is 4.07. The Morgan fingerprint density at radius 1 is 1.14 bits per heavy atom. The summed E-state index contributed by atoms with van der Waals surface area (Å²) in [6.07, 6.45) is 7.90. The lowest BCUT2D eigenvalue weighted by atomic mass is 9.96. The molecule has 9 nitrogen and oxygen atoms in total. The molecular weight excluding hydrogens is 356 g/mol. The molecule has 148 valence electrons. The molecule has 0 aromatic carbocycles. The number of rotatable bonds is 3. The largest absolute Gasteiger partial charge is 0.342 e. The normalized spacial score (nSPS) is 18.9. The van der Waals surface area contributed by atoms with E-state index in [1.807, 2.05) is 11.0 Å². The van der Waals surface area contributed by atoms with Gasteiger partial charge in [-0.1, -0.05) is 0 Å². The highest BCUT2D eigenvalue weighted by Crippen LogP contribution is 2.38. The van der Waals surface area contributed by atoms with Gasteiger partial charge in [-0.25, -0.2) is 4.68 Å². The standard InChI is InChI=1S/C19H26N8O/c1-19(2,3)27-16-14(10-21-27)17(28)23-18(22-16)25-8-6-12(7-9-25)15-24-20-11-26(15)13-4-5-13/h10-13H,4-9H2,1-3H3,(H,22,23,28). The molecule has 0 spiro atoms. The van der Waals surface area contributed by atoms with Crippen LogP contribution in [0.4, 0.5) is 5.95 Å². The van der Waals surface area contributed by atoms with Gasteiger partial charge in [-0.05, 0) is 46.5 Å². The topological polar surface area (TPSA) is 97.5 Å². The summed E-state index contributed by atoms with van der Waals surface area (Å²) in [5.41, 5.74) is 0.271. The minimum absolute atomic E-state index is 0.133. The Morgan fingerprint density at radius 3 is 2.57 bits per heavy atom. The van der Waals surface area contributed by atoms with Gasteiger partial charge in [-0.3, -0.25) is 9.78 Å². The van der Waals surface area contributed by atoms with Crippen LogP contribution in [-0.2, 0) is 5.54 Å². The van der Waals surface area contributed by atoms with Crippen molar-refractivity contribution in [3.8, 4) is 0 Å². The Labute approximate surface area is 162 Å². The summed E-state index contributed by atoms with van der Waals surface area (Å²) >= 11 is 0. The van der Waals surface area contributed by atoms with E-state index in [1.165, 1.54) is 12.8 Å². The summed E-state index contributed by atoms with van der Waals surface area (Å²) < 4.78 is 4.08. The van der Waals surface area contributed by atoms with Crippen LogP contribution in [0.25, 0.3) is 11.0 Å². The Balaban J connectivity index is 1.39. The molecular formula is C19H26N8O. The lowest BCUT2D eigenvalue weighted by Gasteiger charge is -2.32. The second-order valence-electron chi connectivity index (χ2n) is 8.94. The zero-order chi connectivity index (χ0) is 19.5. The zero-order valence-corrected chi connectivity index (χ0v) is 16.6. The van der Waals surface area contributed by atoms with E-state index in [9.17, 15) is 4.79 Å². The molecule has 3 aromatic heterocycles. The molecule has 1 N–H and O–H groups in total. The van der Waals surface area contributed by atoms with Crippen molar-refractivity contribution in [1.29, 1.82) is 0 Å². The lowest BCUT2D eigenvalue weighted by Crippen LogP contribution is -2.36. The molecule has 28 heavy (non-hydrogen) atoms. The number of piperidine rings is 1. The number of aromatic nitrogens is 7. The van der Waals surface area contributed by atoms with Crippen molar-refractivity contribution in [1.82, 2.24) is 34.5 Å². The van der Waals surface area contributed by atoms with E-state index in [4.69, 9.17) is 4.98 Å². The van der Waals surface area contributed by atoms with Crippen LogP contribution >= 0.6 is 0 Å². The summed E-state index contributed by atoms with van der Waals surface area (Å²) in [6, 6.07) is 0.598. The van der Waals surface area contributed by atoms with E-state index >= 15 is 0 Å². The van der Waals surface area contributed by atoms with E-state index in [-0.39, 0.29) is 11.1 Å². The fraction of sp³-hybridized carbons (Fsp3) is 0.632. The van der Waals surface area contributed by atoms with Gasteiger partial charge in [0.15, 0.2) is 5.65 Å². The molecule has 0 unspecified atom stereocenters. The summed E-state index contributed by atoms with van der Waals surface area (Å²) in [5, 5.41) is 13.5. The number of nitrogens with zero attached hydrogens (tertiary/aromatic N) is 7. The number of anilines is 1. The van der Waals surface area contributed by atoms with E-state index in [0.717, 1.165) is 31.8 Å². The van der Waals surface area contributed by atoms with Crippen molar-refractivity contribution in [3.05, 3.63) is 28.7 Å². The summed E-state index contributed by atoms with van der Waals surface area (Å²) in [4.78, 5) is 22.4. The highest BCUT2D eigenvalue weighted by atomic mass is 16.1. The van der Waals surface area contributed by atoms with Crippen molar-refractivity contribution in [3.63, 3.8) is 0 Å². The lowest BCUT2D eigenvalue weighted by molar-refractivity contribution is 0.365. The second-order valence-corrected chi connectivity index (χ2v) is 8.94. The van der Waals surface area contributed by atoms with Gasteiger partial charge in [0.05, 0.1) is 11.7 Å². The molecule has 3 aromatic rings. The van der Waals surface area contributed by atoms with Crippen LogP contribution in [0, 0.1) is 0 Å². The Bertz CT molecular complexity index is 1060. The first-order valence-corrected chi connectivity index (χ1v) is 10.0. The van der Waals surface area contributed by atoms with Gasteiger partial charge in [0.2, 0.25) is 5.95 Å². The van der Waals surface area contributed by atoms with Crippen molar-refractivity contribution in [2.24, 2.45) is 0 Å². The quantitative estimate of drug-likeness (QED) is 0.746. The first-order valence-electron chi connectivity index (χ1n) is 10.0. The highest BCUT2D eigenvalue weighted by Gasteiger charge is 2.31. The minimum Gasteiger partial charge on any atom is -0.342 e. The number of H-pyrrole nitrogens is 1. The predicted molar refractivity (Wildman–Crippen MR) is 106 cm³/mol. The smallest absolute Gasteiger partial charge is 0.263 e. The van der Waals surface area contributed by atoms with Crippen LogP contribution in [0.2, 0.25) is 0 Å². The molecule has 1 aliphatic heterocycles. The molecule has 4 heterocycles. The van der Waals surface area contributed by atoms with Crippen molar-refractivity contribution in [2.45, 2.75) is 64.0 Å². The summed E-state index contributed by atoms with van der Waals surface area (Å²) in [6.45, 7) is 7.84. The molecule has 0 atom stereocenters. The number of hydrogen-bond acceptors (Lipinski definition) is 6. The van der Waals surface area contributed by atoms with Crippen LogP contribution in [0.3, 0.4) is 0 Å². The maximum absolute atomic E-state index is 12.6. The van der Waals surface area contributed by atoms with Gasteiger partial charge in [-0.15, -0.1) is 10.2 Å². The number of hydrogen-bond donors (Lipinski definition) is 1. The number of nitrogens with one attached hydrogen (secondary N) is 1. The van der Waals surface area contributed by atoms with E-state index in [1.54, 1.807) is 6.20 Å². The molecule has 0 amide bonds. The van der Waals surface area contributed by atoms with Crippen molar-refractivity contribution >= 4 is 17.0 Å². The van der Waals surface area contributed by atoms with E-state index in [0.29, 0.717) is 28.9 Å². The molecule has 0 radical (unpaired) electrons. The molecule has 1 aliphatic carbocycles. The number of fused-ring (bicyclic) bond motifs is 1. The maximum Gasteiger partial charge on any atom is 0.263 e. The van der Waals surface area contributed by atoms with Crippen LogP contribution in [0.15, 0.2) is 17.3 Å². The molecule has 9 heteroatoms. The average molecular weight is 382 g/mol. The SMILES string of the molecule is CC(C)(C)n1ncc2c(=O)[nH]c(N3CCC(c4nncn4C4CC4)CC3)nc21. The van der Waals surface area contributed by atoms with Crippen LogP contribution in [0.5, 0.6) is 0 Å². The first kappa shape index (κ1) is 17.4. The second kappa shape index (κ2) is 6.15. The van der Waals surface area contributed by atoms with Crippen LogP contribution in [-0.4, -0.2) is 47.6 Å². The van der Waals surface area contributed by atoms with E-state index in [2.05, 4.69) is 50.5 Å². The summed E-state index contributed by atoms with van der Waals surface area (Å²) in [7, 11) is 0. The minimum atomic E-state index is -0.236. The molecule has 1 saturated heterocycles. The fourth-order valence-electron chi connectivity index (χ4n) is 4.07. The number of aromatic amines is 1. The summed E-state index contributed by atoms with van der Waals surface area (Å²) in [5.74, 6) is 2.16. The van der Waals surface area contributed by atoms with E-state index < -0.39 is 0 Å². The van der Waals surface area contributed by atoms with Crippen molar-refractivity contribution < 1.29 is 0 Å². The molecule has 2 aliphatic rings. The maximum atomic E-state index is 12.6. The third-order valence-electron chi connectivity index (χ3n) is 5.76. The molecule has 5 rings (SSSR count). The molecule has 0 bridgehead atoms. The van der Waals surface area contributed by atoms with Crippen molar-refractivity contribution in [2.75, 3.05) is 18.0 Å². The van der Waals surface area contributed by atoms with Gasteiger partial charge < -0.3 is 9.47 Å². The third kappa shape index (κ3) is 2.89.